The monoisotopic (exact) mass is 277 g/mol. The van der Waals surface area contributed by atoms with Crippen molar-refractivity contribution < 1.29 is 14.2 Å². The number of hydrogen-bond donors (Lipinski definition) is 1. The predicted octanol–water partition coefficient (Wildman–Crippen LogP) is 2.63. The molecule has 0 radical (unpaired) electrons. The van der Waals surface area contributed by atoms with Crippen LogP contribution in [0.15, 0.2) is 12.1 Å². The SMILES string of the molecule is COc1cc2c(c(C3(CN)CCCCC3)c1)OCCO2. The molecule has 1 saturated carbocycles. The van der Waals surface area contributed by atoms with Gasteiger partial charge in [-0.2, -0.15) is 0 Å². The molecule has 1 aliphatic heterocycles. The molecule has 20 heavy (non-hydrogen) atoms. The molecule has 0 saturated heterocycles. The molecular formula is C16H23NO3. The van der Waals surface area contributed by atoms with Crippen LogP contribution in [0.25, 0.3) is 0 Å². The number of methoxy groups -OCH3 is 1. The van der Waals surface area contributed by atoms with E-state index in [2.05, 4.69) is 6.07 Å². The van der Waals surface area contributed by atoms with E-state index in [9.17, 15) is 0 Å². The Morgan fingerprint density at radius 1 is 1.15 bits per heavy atom. The van der Waals surface area contributed by atoms with Crippen LogP contribution in [0.3, 0.4) is 0 Å². The topological polar surface area (TPSA) is 53.7 Å². The van der Waals surface area contributed by atoms with Crippen molar-refractivity contribution in [2.24, 2.45) is 5.73 Å². The summed E-state index contributed by atoms with van der Waals surface area (Å²) in [5.41, 5.74) is 7.34. The fourth-order valence-corrected chi connectivity index (χ4v) is 3.45. The molecule has 2 aliphatic rings. The summed E-state index contributed by atoms with van der Waals surface area (Å²) in [5, 5.41) is 0. The van der Waals surface area contributed by atoms with Crippen molar-refractivity contribution in [3.8, 4) is 17.2 Å². The lowest BCUT2D eigenvalue weighted by atomic mass is 9.69. The Morgan fingerprint density at radius 2 is 1.90 bits per heavy atom. The van der Waals surface area contributed by atoms with Crippen molar-refractivity contribution in [2.75, 3.05) is 26.9 Å². The Hall–Kier alpha value is -1.42. The first-order chi connectivity index (χ1) is 9.79. The number of nitrogens with two attached hydrogens (primary N) is 1. The number of benzene rings is 1. The fourth-order valence-electron chi connectivity index (χ4n) is 3.45. The van der Waals surface area contributed by atoms with E-state index >= 15 is 0 Å². The zero-order chi connectivity index (χ0) is 14.0. The summed E-state index contributed by atoms with van der Waals surface area (Å²) < 4.78 is 17.1. The second kappa shape index (κ2) is 5.52. The van der Waals surface area contributed by atoms with Gasteiger partial charge in [0.05, 0.1) is 7.11 Å². The molecule has 1 aliphatic carbocycles. The van der Waals surface area contributed by atoms with Gasteiger partial charge in [0.2, 0.25) is 0 Å². The van der Waals surface area contributed by atoms with Crippen LogP contribution in [0.2, 0.25) is 0 Å². The molecule has 0 spiro atoms. The zero-order valence-electron chi connectivity index (χ0n) is 12.1. The molecule has 0 atom stereocenters. The van der Waals surface area contributed by atoms with Crippen molar-refractivity contribution in [3.05, 3.63) is 17.7 Å². The molecule has 0 bridgehead atoms. The molecule has 1 aromatic rings. The molecule has 1 aromatic carbocycles. The van der Waals surface area contributed by atoms with Crippen LogP contribution >= 0.6 is 0 Å². The molecule has 4 heteroatoms. The minimum absolute atomic E-state index is 0.0115. The summed E-state index contributed by atoms with van der Waals surface area (Å²) in [6, 6.07) is 4.00. The van der Waals surface area contributed by atoms with Crippen molar-refractivity contribution in [1.82, 2.24) is 0 Å². The zero-order valence-corrected chi connectivity index (χ0v) is 12.1. The predicted molar refractivity (Wildman–Crippen MR) is 77.8 cm³/mol. The number of rotatable bonds is 3. The number of ether oxygens (including phenoxy) is 3. The number of fused-ring (bicyclic) bond motifs is 1. The molecule has 3 rings (SSSR count). The largest absolute Gasteiger partial charge is 0.497 e. The lowest BCUT2D eigenvalue weighted by Gasteiger charge is -2.39. The highest BCUT2D eigenvalue weighted by Crippen LogP contribution is 2.48. The first-order valence-electron chi connectivity index (χ1n) is 7.47. The molecule has 4 nitrogen and oxygen atoms in total. The smallest absolute Gasteiger partial charge is 0.165 e. The van der Waals surface area contributed by atoms with Crippen LogP contribution in [0.5, 0.6) is 17.2 Å². The van der Waals surface area contributed by atoms with Gasteiger partial charge in [0.25, 0.3) is 0 Å². The van der Waals surface area contributed by atoms with Crippen molar-refractivity contribution in [1.29, 1.82) is 0 Å². The summed E-state index contributed by atoms with van der Waals surface area (Å²) in [6.45, 7) is 1.85. The molecule has 1 fully saturated rings. The van der Waals surface area contributed by atoms with E-state index in [4.69, 9.17) is 19.9 Å². The van der Waals surface area contributed by atoms with Crippen LogP contribution in [0, 0.1) is 0 Å². The third-order valence-electron chi connectivity index (χ3n) is 4.62. The summed E-state index contributed by atoms with van der Waals surface area (Å²) in [7, 11) is 1.69. The van der Waals surface area contributed by atoms with Crippen molar-refractivity contribution in [2.45, 2.75) is 37.5 Å². The molecular weight excluding hydrogens is 254 g/mol. The van der Waals surface area contributed by atoms with E-state index < -0.39 is 0 Å². The Morgan fingerprint density at radius 3 is 2.60 bits per heavy atom. The maximum atomic E-state index is 6.16. The van der Waals surface area contributed by atoms with Crippen LogP contribution < -0.4 is 19.9 Å². The van der Waals surface area contributed by atoms with Gasteiger partial charge in [-0.15, -0.1) is 0 Å². The molecule has 2 N–H and O–H groups in total. The quantitative estimate of drug-likeness (QED) is 0.922. The Kier molecular flexibility index (Phi) is 3.74. The van der Waals surface area contributed by atoms with E-state index in [1.165, 1.54) is 24.8 Å². The van der Waals surface area contributed by atoms with Gasteiger partial charge < -0.3 is 19.9 Å². The molecule has 0 unspecified atom stereocenters. The molecule has 1 heterocycles. The van der Waals surface area contributed by atoms with Crippen LogP contribution in [-0.2, 0) is 5.41 Å². The average molecular weight is 277 g/mol. The fraction of sp³-hybridized carbons (Fsp3) is 0.625. The molecule has 0 amide bonds. The summed E-state index contributed by atoms with van der Waals surface area (Å²) in [4.78, 5) is 0. The van der Waals surface area contributed by atoms with Crippen LogP contribution in [0.4, 0.5) is 0 Å². The summed E-state index contributed by atoms with van der Waals surface area (Å²) in [6.07, 6.45) is 5.98. The van der Waals surface area contributed by atoms with Crippen LogP contribution in [0.1, 0.15) is 37.7 Å². The third kappa shape index (κ3) is 2.22. The highest BCUT2D eigenvalue weighted by atomic mass is 16.6. The first kappa shape index (κ1) is 13.6. The van der Waals surface area contributed by atoms with Crippen molar-refractivity contribution >= 4 is 0 Å². The standard InChI is InChI=1S/C16H23NO3/c1-18-12-9-13(15-14(10-12)19-7-8-20-15)16(11-17)5-3-2-4-6-16/h9-10H,2-8,11,17H2,1H3. The maximum Gasteiger partial charge on any atom is 0.165 e. The molecule has 110 valence electrons. The minimum Gasteiger partial charge on any atom is -0.497 e. The van der Waals surface area contributed by atoms with Gasteiger partial charge in [-0.1, -0.05) is 19.3 Å². The lowest BCUT2D eigenvalue weighted by Crippen LogP contribution is -2.38. The van der Waals surface area contributed by atoms with Gasteiger partial charge in [0.15, 0.2) is 11.5 Å². The summed E-state index contributed by atoms with van der Waals surface area (Å²) in [5.74, 6) is 2.50. The minimum atomic E-state index is 0.0115. The van der Waals surface area contributed by atoms with Gasteiger partial charge in [-0.05, 0) is 18.9 Å². The third-order valence-corrected chi connectivity index (χ3v) is 4.62. The van der Waals surface area contributed by atoms with E-state index in [1.807, 2.05) is 6.07 Å². The maximum absolute atomic E-state index is 6.16. The van der Waals surface area contributed by atoms with Gasteiger partial charge in [0, 0.05) is 23.6 Å². The highest BCUT2D eigenvalue weighted by molar-refractivity contribution is 5.55. The Labute approximate surface area is 120 Å². The molecule has 0 aromatic heterocycles. The van der Waals surface area contributed by atoms with Gasteiger partial charge in [-0.25, -0.2) is 0 Å². The normalized spacial score (nSPS) is 20.5. The van der Waals surface area contributed by atoms with E-state index in [0.29, 0.717) is 19.8 Å². The second-order valence-electron chi connectivity index (χ2n) is 5.74. The lowest BCUT2D eigenvalue weighted by molar-refractivity contribution is 0.163. The highest BCUT2D eigenvalue weighted by Gasteiger charge is 2.37. The van der Waals surface area contributed by atoms with E-state index in [-0.39, 0.29) is 5.41 Å². The Bertz CT molecular complexity index is 481. The van der Waals surface area contributed by atoms with Gasteiger partial charge >= 0.3 is 0 Å². The van der Waals surface area contributed by atoms with E-state index in [0.717, 1.165) is 30.1 Å². The van der Waals surface area contributed by atoms with Crippen molar-refractivity contribution in [3.63, 3.8) is 0 Å². The average Bonchev–Trinajstić information content (AvgIpc) is 2.54. The van der Waals surface area contributed by atoms with E-state index in [1.54, 1.807) is 7.11 Å². The first-order valence-corrected chi connectivity index (χ1v) is 7.47. The Balaban J connectivity index is 2.10. The van der Waals surface area contributed by atoms with Crippen LogP contribution in [-0.4, -0.2) is 26.9 Å². The second-order valence-corrected chi connectivity index (χ2v) is 5.74. The number of hydrogen-bond acceptors (Lipinski definition) is 4. The van der Waals surface area contributed by atoms with Gasteiger partial charge in [-0.3, -0.25) is 0 Å². The van der Waals surface area contributed by atoms with Gasteiger partial charge in [0.1, 0.15) is 19.0 Å². The summed E-state index contributed by atoms with van der Waals surface area (Å²) >= 11 is 0.